The summed E-state index contributed by atoms with van der Waals surface area (Å²) in [5, 5.41) is 11.6. The second-order valence-electron chi connectivity index (χ2n) is 22.7. The molecule has 8 rings (SSSR count). The second-order valence-corrected chi connectivity index (χ2v) is 22.7. The van der Waals surface area contributed by atoms with Crippen molar-refractivity contribution in [3.05, 3.63) is 234 Å². The lowest BCUT2D eigenvalue weighted by Crippen LogP contribution is -2.04. The highest BCUT2D eigenvalue weighted by atomic mass is 16.6. The van der Waals surface area contributed by atoms with E-state index >= 15 is 0 Å². The highest BCUT2D eigenvalue weighted by Gasteiger charge is 2.16. The third-order valence-corrected chi connectivity index (χ3v) is 14.3. The first kappa shape index (κ1) is 64.0. The standard InChI is InChI=1S/C74H83NO12/c1-9-11-13-15-19-79-66-29-55(7)27-59(31-66)46-84-70-37-62(35-68(40-70)82-44-57-23-51(3)21-52(4)24-57)49-86-72-33-61(48-81-65-17-18-74(75(77)78)64(39-65)43-76)34-73(42-72)87-50-63-36-69(83-45-58-25-53(5)22-54(6)26-58)41-71(38-63)85-47-60-28-56(8)30-67(32-60)80-20-16-14-12-10-2/h17-18,21-43H,9-16,19-20,44-50H2,1-8H3. The summed E-state index contributed by atoms with van der Waals surface area (Å²) in [4.78, 5) is 22.9. The van der Waals surface area contributed by atoms with Gasteiger partial charge in [0.2, 0.25) is 0 Å². The van der Waals surface area contributed by atoms with Crippen LogP contribution in [-0.2, 0) is 46.2 Å². The number of unbranched alkanes of at least 4 members (excludes halogenated alkanes) is 6. The number of nitro benzene ring substituents is 1. The number of rotatable bonds is 35. The number of nitro groups is 1. The topological polar surface area (TPSA) is 143 Å². The summed E-state index contributed by atoms with van der Waals surface area (Å²) in [7, 11) is 0. The Balaban J connectivity index is 1.05. The number of ether oxygens (including phenoxy) is 9. The smallest absolute Gasteiger partial charge is 0.280 e. The molecule has 0 aliphatic rings. The molecular formula is C74H83NO12. The zero-order valence-electron chi connectivity index (χ0n) is 51.8. The molecule has 0 heterocycles. The van der Waals surface area contributed by atoms with Crippen LogP contribution in [0.5, 0.6) is 51.7 Å². The molecule has 456 valence electrons. The number of benzene rings is 8. The van der Waals surface area contributed by atoms with Crippen molar-refractivity contribution in [1.82, 2.24) is 0 Å². The largest absolute Gasteiger partial charge is 0.494 e. The number of carbonyl (C=O) groups is 1. The van der Waals surface area contributed by atoms with Gasteiger partial charge in [-0.15, -0.1) is 0 Å². The zero-order chi connectivity index (χ0) is 61.5. The van der Waals surface area contributed by atoms with Crippen molar-refractivity contribution in [3.8, 4) is 51.7 Å². The molecule has 0 spiro atoms. The van der Waals surface area contributed by atoms with E-state index in [0.717, 1.165) is 104 Å². The van der Waals surface area contributed by atoms with E-state index in [2.05, 4.69) is 116 Å². The van der Waals surface area contributed by atoms with Gasteiger partial charge in [-0.1, -0.05) is 123 Å². The highest BCUT2D eigenvalue weighted by molar-refractivity contribution is 5.82. The number of nitrogens with zero attached hydrogens (tertiary/aromatic N) is 1. The van der Waals surface area contributed by atoms with Gasteiger partial charge in [0, 0.05) is 24.3 Å². The molecule has 0 aliphatic heterocycles. The van der Waals surface area contributed by atoms with Crippen molar-refractivity contribution in [2.75, 3.05) is 13.2 Å². The molecule has 0 radical (unpaired) electrons. The van der Waals surface area contributed by atoms with Gasteiger partial charge in [0.25, 0.3) is 5.69 Å². The summed E-state index contributed by atoms with van der Waals surface area (Å²) in [6.45, 7) is 19.7. The van der Waals surface area contributed by atoms with Crippen molar-refractivity contribution < 1.29 is 52.3 Å². The number of carbonyl (C=O) groups excluding carboxylic acids is 1. The second kappa shape index (κ2) is 32.5. The van der Waals surface area contributed by atoms with Crippen LogP contribution in [0.3, 0.4) is 0 Å². The monoisotopic (exact) mass is 1180 g/mol. The summed E-state index contributed by atoms with van der Waals surface area (Å²) in [6, 6.07) is 46.3. The minimum atomic E-state index is -0.598. The van der Waals surface area contributed by atoms with Crippen molar-refractivity contribution in [3.63, 3.8) is 0 Å². The van der Waals surface area contributed by atoms with Crippen molar-refractivity contribution in [2.24, 2.45) is 0 Å². The number of hydrogen-bond acceptors (Lipinski definition) is 12. The van der Waals surface area contributed by atoms with E-state index in [0.29, 0.717) is 86.0 Å². The van der Waals surface area contributed by atoms with E-state index in [1.165, 1.54) is 43.9 Å². The number of aryl methyl sites for hydroxylation is 6. The Morgan fingerprint density at radius 1 is 0.322 bits per heavy atom. The molecule has 0 fully saturated rings. The fraction of sp³-hybridized carbons (Fsp3) is 0.338. The fourth-order valence-electron chi connectivity index (χ4n) is 10.4. The first-order chi connectivity index (χ1) is 42.1. The quantitative estimate of drug-likeness (QED) is 0.0161. The molecule has 0 aliphatic carbocycles. The Morgan fingerprint density at radius 3 is 0.897 bits per heavy atom. The molecule has 87 heavy (non-hydrogen) atoms. The maximum absolute atomic E-state index is 11.9. The van der Waals surface area contributed by atoms with E-state index in [1.54, 1.807) is 0 Å². The van der Waals surface area contributed by atoms with Crippen LogP contribution in [0.25, 0.3) is 0 Å². The molecule has 0 saturated heterocycles. The van der Waals surface area contributed by atoms with E-state index in [4.69, 9.17) is 42.6 Å². The Labute approximate surface area is 513 Å². The van der Waals surface area contributed by atoms with Gasteiger partial charge in [0.15, 0.2) is 6.29 Å². The van der Waals surface area contributed by atoms with Gasteiger partial charge in [-0.05, 0) is 177 Å². The van der Waals surface area contributed by atoms with E-state index in [9.17, 15) is 14.9 Å². The molecule has 0 atom stereocenters. The molecule has 0 aromatic heterocycles. The Kier molecular flexibility index (Phi) is 23.9. The van der Waals surface area contributed by atoms with Gasteiger partial charge in [0.1, 0.15) is 98.0 Å². The van der Waals surface area contributed by atoms with Crippen molar-refractivity contribution in [2.45, 2.75) is 153 Å². The summed E-state index contributed by atoms with van der Waals surface area (Å²) in [5.41, 5.74) is 12.7. The van der Waals surface area contributed by atoms with Crippen LogP contribution in [0, 0.1) is 51.7 Å². The molecule has 0 N–H and O–H groups in total. The van der Waals surface area contributed by atoms with Crippen LogP contribution < -0.4 is 42.6 Å². The average Bonchev–Trinajstić information content (AvgIpc) is 3.61. The van der Waals surface area contributed by atoms with Gasteiger partial charge in [0.05, 0.1) is 23.7 Å². The van der Waals surface area contributed by atoms with Crippen molar-refractivity contribution >= 4 is 12.0 Å². The fourth-order valence-corrected chi connectivity index (χ4v) is 10.4. The van der Waals surface area contributed by atoms with Crippen LogP contribution in [0.1, 0.15) is 148 Å². The first-order valence-corrected chi connectivity index (χ1v) is 30.3. The molecular weight excluding hydrogens is 1090 g/mol. The predicted molar refractivity (Wildman–Crippen MR) is 342 cm³/mol. The maximum atomic E-state index is 11.9. The molecule has 13 nitrogen and oxygen atoms in total. The molecule has 0 unspecified atom stereocenters. The van der Waals surface area contributed by atoms with Gasteiger partial charge >= 0.3 is 0 Å². The predicted octanol–water partition coefficient (Wildman–Crippen LogP) is 18.2. The van der Waals surface area contributed by atoms with E-state index < -0.39 is 4.92 Å². The first-order valence-electron chi connectivity index (χ1n) is 30.3. The summed E-state index contributed by atoms with van der Waals surface area (Å²) in [6.07, 6.45) is 9.47. The van der Waals surface area contributed by atoms with Crippen molar-refractivity contribution in [1.29, 1.82) is 0 Å². The third kappa shape index (κ3) is 21.2. The Morgan fingerprint density at radius 2 is 0.598 bits per heavy atom. The minimum absolute atomic E-state index is 0.0122. The van der Waals surface area contributed by atoms with Gasteiger partial charge < -0.3 is 42.6 Å². The van der Waals surface area contributed by atoms with Crippen LogP contribution in [-0.4, -0.2) is 24.4 Å². The van der Waals surface area contributed by atoms with E-state index in [-0.39, 0.29) is 36.8 Å². The highest BCUT2D eigenvalue weighted by Crippen LogP contribution is 2.33. The van der Waals surface area contributed by atoms with E-state index in [1.807, 2.05) is 66.7 Å². The molecule has 8 aromatic rings. The maximum Gasteiger partial charge on any atom is 0.280 e. The average molecular weight is 1180 g/mol. The van der Waals surface area contributed by atoms with Crippen LogP contribution in [0.2, 0.25) is 0 Å². The molecule has 8 aromatic carbocycles. The Hall–Kier alpha value is -8.97. The third-order valence-electron chi connectivity index (χ3n) is 14.3. The minimum Gasteiger partial charge on any atom is -0.494 e. The van der Waals surface area contributed by atoms with Gasteiger partial charge in [-0.2, -0.15) is 0 Å². The summed E-state index contributed by atoms with van der Waals surface area (Å²) < 4.78 is 57.8. The molecule has 0 bridgehead atoms. The number of aldehydes is 1. The molecule has 0 amide bonds. The number of hydrogen-bond donors (Lipinski definition) is 0. The lowest BCUT2D eigenvalue weighted by atomic mass is 10.1. The lowest BCUT2D eigenvalue weighted by molar-refractivity contribution is -0.385. The van der Waals surface area contributed by atoms with Gasteiger partial charge in [-0.3, -0.25) is 14.9 Å². The van der Waals surface area contributed by atoms with Gasteiger partial charge in [-0.25, -0.2) is 0 Å². The van der Waals surface area contributed by atoms with Crippen LogP contribution in [0.15, 0.2) is 146 Å². The van der Waals surface area contributed by atoms with Crippen LogP contribution >= 0.6 is 0 Å². The SMILES string of the molecule is CCCCCCOc1cc(C)cc(COc2cc(COc3cc(COc4ccc([N+](=O)[O-])c(C=O)c4)cc(OCc4cc(OCc5cc(C)cc(C)c5)cc(OCc5cc(C)cc(OCCCCCC)c5)c4)c3)cc(OCc3cc(C)cc(C)c3)c2)c1. The zero-order valence-corrected chi connectivity index (χ0v) is 51.8. The molecule has 13 heteroatoms. The lowest BCUT2D eigenvalue weighted by Gasteiger charge is -2.16. The van der Waals surface area contributed by atoms with Crippen LogP contribution in [0.4, 0.5) is 5.69 Å². The normalized spacial score (nSPS) is 11.0. The Bertz CT molecular complexity index is 3340. The molecule has 0 saturated carbocycles. The summed E-state index contributed by atoms with van der Waals surface area (Å²) in [5.74, 6) is 5.32. The summed E-state index contributed by atoms with van der Waals surface area (Å²) >= 11 is 0.